The molecule has 110 valence electrons. The molecule has 1 N–H and O–H groups in total. The molecular formula is C18H20ClNO. The summed E-state index contributed by atoms with van der Waals surface area (Å²) in [5.41, 5.74) is 4.31. The van der Waals surface area contributed by atoms with E-state index in [-0.39, 0.29) is 5.91 Å². The van der Waals surface area contributed by atoms with Crippen LogP contribution in [0.3, 0.4) is 0 Å². The van der Waals surface area contributed by atoms with Crippen molar-refractivity contribution in [1.82, 2.24) is 0 Å². The Morgan fingerprint density at radius 1 is 1.19 bits per heavy atom. The average molecular weight is 302 g/mol. The first kappa shape index (κ1) is 15.6. The number of amides is 1. The molecule has 0 unspecified atom stereocenters. The molecule has 0 spiro atoms. The summed E-state index contributed by atoms with van der Waals surface area (Å²) in [6.07, 6.45) is 2.06. The molecule has 0 bridgehead atoms. The summed E-state index contributed by atoms with van der Waals surface area (Å²) in [6, 6.07) is 13.7. The quantitative estimate of drug-likeness (QED) is 0.846. The minimum Gasteiger partial charge on any atom is -0.326 e. The monoisotopic (exact) mass is 301 g/mol. The van der Waals surface area contributed by atoms with Gasteiger partial charge in [-0.3, -0.25) is 4.79 Å². The average Bonchev–Trinajstić information content (AvgIpc) is 2.47. The second-order valence-electron chi connectivity index (χ2n) is 5.14. The molecule has 0 aromatic heterocycles. The Bertz CT molecular complexity index is 637. The highest BCUT2D eigenvalue weighted by Crippen LogP contribution is 2.21. The van der Waals surface area contributed by atoms with E-state index in [1.807, 2.05) is 43.3 Å². The van der Waals surface area contributed by atoms with Crippen molar-refractivity contribution in [3.05, 3.63) is 64.2 Å². The van der Waals surface area contributed by atoms with Gasteiger partial charge >= 0.3 is 0 Å². The third kappa shape index (κ3) is 4.33. The summed E-state index contributed by atoms with van der Waals surface area (Å²) in [5, 5.41) is 3.75. The number of anilines is 1. The molecule has 0 aliphatic heterocycles. The number of para-hydroxylation sites is 1. The second kappa shape index (κ2) is 7.28. The smallest absolute Gasteiger partial charge is 0.224 e. The van der Waals surface area contributed by atoms with Gasteiger partial charge in [-0.05, 0) is 48.6 Å². The Morgan fingerprint density at radius 3 is 2.67 bits per heavy atom. The van der Waals surface area contributed by atoms with E-state index in [0.29, 0.717) is 17.9 Å². The van der Waals surface area contributed by atoms with Gasteiger partial charge in [-0.25, -0.2) is 0 Å². The van der Waals surface area contributed by atoms with Crippen LogP contribution in [0.5, 0.6) is 0 Å². The molecule has 0 saturated heterocycles. The first-order chi connectivity index (χ1) is 10.1. The van der Waals surface area contributed by atoms with E-state index in [0.717, 1.165) is 23.2 Å². The zero-order valence-corrected chi connectivity index (χ0v) is 13.2. The maximum atomic E-state index is 12.1. The van der Waals surface area contributed by atoms with Crippen LogP contribution in [0.25, 0.3) is 0 Å². The molecule has 2 nitrogen and oxygen atoms in total. The Labute approximate surface area is 131 Å². The number of rotatable bonds is 5. The van der Waals surface area contributed by atoms with Gasteiger partial charge in [-0.1, -0.05) is 48.9 Å². The van der Waals surface area contributed by atoms with Crippen LogP contribution in [0.2, 0.25) is 5.02 Å². The normalized spacial score (nSPS) is 10.4. The Morgan fingerprint density at radius 2 is 1.95 bits per heavy atom. The molecule has 2 aromatic rings. The maximum Gasteiger partial charge on any atom is 0.224 e. The number of carbonyl (C=O) groups is 1. The van der Waals surface area contributed by atoms with Crippen molar-refractivity contribution in [2.45, 2.75) is 33.1 Å². The molecule has 2 rings (SSSR count). The van der Waals surface area contributed by atoms with Crippen LogP contribution in [-0.4, -0.2) is 5.91 Å². The van der Waals surface area contributed by atoms with E-state index < -0.39 is 0 Å². The first-order valence-corrected chi connectivity index (χ1v) is 7.60. The Balaban J connectivity index is 1.99. The summed E-state index contributed by atoms with van der Waals surface area (Å²) >= 11 is 5.95. The van der Waals surface area contributed by atoms with Gasteiger partial charge in [-0.15, -0.1) is 0 Å². The van der Waals surface area contributed by atoms with Crippen molar-refractivity contribution < 1.29 is 4.79 Å². The molecular weight excluding hydrogens is 282 g/mol. The van der Waals surface area contributed by atoms with Crippen LogP contribution < -0.4 is 5.32 Å². The van der Waals surface area contributed by atoms with E-state index in [2.05, 4.69) is 18.3 Å². The fourth-order valence-electron chi connectivity index (χ4n) is 2.35. The number of hydrogen-bond donors (Lipinski definition) is 1. The minimum atomic E-state index is 0.0407. The van der Waals surface area contributed by atoms with Crippen molar-refractivity contribution in [3.63, 3.8) is 0 Å². The number of halogens is 1. The van der Waals surface area contributed by atoms with Gasteiger partial charge in [0.2, 0.25) is 5.91 Å². The topological polar surface area (TPSA) is 29.1 Å². The van der Waals surface area contributed by atoms with Crippen LogP contribution in [0.15, 0.2) is 42.5 Å². The highest BCUT2D eigenvalue weighted by atomic mass is 35.5. The molecule has 0 aliphatic rings. The van der Waals surface area contributed by atoms with Crippen LogP contribution in [0, 0.1) is 6.92 Å². The number of hydrogen-bond acceptors (Lipinski definition) is 1. The summed E-state index contributed by atoms with van der Waals surface area (Å²) in [5.74, 6) is 0.0407. The molecule has 0 heterocycles. The molecule has 0 atom stereocenters. The molecule has 0 fully saturated rings. The highest BCUT2D eigenvalue weighted by molar-refractivity contribution is 6.30. The van der Waals surface area contributed by atoms with Crippen LogP contribution in [0.4, 0.5) is 5.69 Å². The number of carbonyl (C=O) groups excluding carboxylic acids is 1. The largest absolute Gasteiger partial charge is 0.326 e. The molecule has 1 amide bonds. The summed E-state index contributed by atoms with van der Waals surface area (Å²) < 4.78 is 0. The molecule has 0 radical (unpaired) electrons. The Hall–Kier alpha value is -1.80. The summed E-state index contributed by atoms with van der Waals surface area (Å²) in [4.78, 5) is 12.1. The van der Waals surface area contributed by atoms with Crippen molar-refractivity contribution in [3.8, 4) is 0 Å². The van der Waals surface area contributed by atoms with Gasteiger partial charge in [0.25, 0.3) is 0 Å². The lowest BCUT2D eigenvalue weighted by molar-refractivity contribution is -0.116. The SMILES string of the molecule is CCc1cccc(C)c1NC(=O)CCc1cccc(Cl)c1. The molecule has 0 saturated carbocycles. The predicted octanol–water partition coefficient (Wildman–Crippen LogP) is 4.78. The van der Waals surface area contributed by atoms with Gasteiger partial charge in [-0.2, -0.15) is 0 Å². The number of benzene rings is 2. The molecule has 0 aliphatic carbocycles. The zero-order chi connectivity index (χ0) is 15.2. The standard InChI is InChI=1S/C18H20ClNO/c1-3-15-8-4-6-13(2)18(15)20-17(21)11-10-14-7-5-9-16(19)12-14/h4-9,12H,3,10-11H2,1-2H3,(H,20,21). The lowest BCUT2D eigenvalue weighted by Crippen LogP contribution is -2.14. The second-order valence-corrected chi connectivity index (χ2v) is 5.58. The van der Waals surface area contributed by atoms with Crippen LogP contribution in [-0.2, 0) is 17.6 Å². The van der Waals surface area contributed by atoms with Crippen molar-refractivity contribution in [1.29, 1.82) is 0 Å². The van der Waals surface area contributed by atoms with Gasteiger partial charge in [0.15, 0.2) is 0 Å². The predicted molar refractivity (Wildman–Crippen MR) is 89.0 cm³/mol. The van der Waals surface area contributed by atoms with Gasteiger partial charge < -0.3 is 5.32 Å². The maximum absolute atomic E-state index is 12.1. The van der Waals surface area contributed by atoms with Gasteiger partial charge in [0.1, 0.15) is 0 Å². The van der Waals surface area contributed by atoms with Gasteiger partial charge in [0.05, 0.1) is 0 Å². The van der Waals surface area contributed by atoms with E-state index in [1.54, 1.807) is 0 Å². The third-order valence-corrected chi connectivity index (χ3v) is 3.77. The van der Waals surface area contributed by atoms with E-state index in [1.165, 1.54) is 5.56 Å². The summed E-state index contributed by atoms with van der Waals surface area (Å²) in [6.45, 7) is 4.11. The fourth-order valence-corrected chi connectivity index (χ4v) is 2.57. The first-order valence-electron chi connectivity index (χ1n) is 7.23. The third-order valence-electron chi connectivity index (χ3n) is 3.53. The summed E-state index contributed by atoms with van der Waals surface area (Å²) in [7, 11) is 0. The van der Waals surface area contributed by atoms with Crippen LogP contribution >= 0.6 is 11.6 Å². The lowest BCUT2D eigenvalue weighted by atomic mass is 10.1. The molecule has 21 heavy (non-hydrogen) atoms. The fraction of sp³-hybridized carbons (Fsp3) is 0.278. The van der Waals surface area contributed by atoms with Crippen molar-refractivity contribution in [2.24, 2.45) is 0 Å². The minimum absolute atomic E-state index is 0.0407. The van der Waals surface area contributed by atoms with E-state index >= 15 is 0 Å². The highest BCUT2D eigenvalue weighted by Gasteiger charge is 2.08. The van der Waals surface area contributed by atoms with Crippen molar-refractivity contribution in [2.75, 3.05) is 5.32 Å². The van der Waals surface area contributed by atoms with Crippen LogP contribution in [0.1, 0.15) is 30.0 Å². The zero-order valence-electron chi connectivity index (χ0n) is 12.4. The Kier molecular flexibility index (Phi) is 5.40. The number of nitrogens with one attached hydrogen (secondary N) is 1. The van der Waals surface area contributed by atoms with E-state index in [4.69, 9.17) is 11.6 Å². The lowest BCUT2D eigenvalue weighted by Gasteiger charge is -2.13. The van der Waals surface area contributed by atoms with E-state index in [9.17, 15) is 4.79 Å². The molecule has 3 heteroatoms. The van der Waals surface area contributed by atoms with Gasteiger partial charge in [0, 0.05) is 17.1 Å². The molecule has 2 aromatic carbocycles. The number of aryl methyl sites for hydroxylation is 3. The van der Waals surface area contributed by atoms with Crippen molar-refractivity contribution >= 4 is 23.2 Å².